The second-order valence-electron chi connectivity index (χ2n) is 7.87. The molecule has 0 fully saturated rings. The minimum atomic E-state index is -3.22. The van der Waals surface area contributed by atoms with Gasteiger partial charge < -0.3 is 5.21 Å². The van der Waals surface area contributed by atoms with E-state index in [0.717, 1.165) is 27.8 Å². The van der Waals surface area contributed by atoms with Crippen molar-refractivity contribution in [3.63, 3.8) is 0 Å². The number of oxime groups is 1. The molecular formula is C27H24N2O3S. The first-order chi connectivity index (χ1) is 16.0. The van der Waals surface area contributed by atoms with Crippen LogP contribution in [0.1, 0.15) is 29.0 Å². The molecule has 0 amide bonds. The van der Waals surface area contributed by atoms with Gasteiger partial charge >= 0.3 is 0 Å². The van der Waals surface area contributed by atoms with E-state index in [1.807, 2.05) is 54.6 Å². The number of nitrogens with zero attached hydrogens (tertiary/aromatic N) is 2. The molecule has 1 N–H and O–H groups in total. The number of aromatic nitrogens is 1. The van der Waals surface area contributed by atoms with Crippen molar-refractivity contribution in [1.29, 1.82) is 0 Å². The number of sulfone groups is 1. The van der Waals surface area contributed by atoms with E-state index in [4.69, 9.17) is 0 Å². The van der Waals surface area contributed by atoms with E-state index in [2.05, 4.69) is 34.4 Å². The second kappa shape index (κ2) is 9.79. The quantitative estimate of drug-likeness (QED) is 0.225. The Labute approximate surface area is 194 Å². The summed E-state index contributed by atoms with van der Waals surface area (Å²) >= 11 is 0. The van der Waals surface area contributed by atoms with Crippen LogP contribution in [0.15, 0.2) is 113 Å². The number of hydrogen-bond donors (Lipinski definition) is 1. The predicted molar refractivity (Wildman–Crippen MR) is 130 cm³/mol. The highest BCUT2D eigenvalue weighted by molar-refractivity contribution is 7.90. The molecule has 1 unspecified atom stereocenters. The molecule has 0 spiro atoms. The third-order valence-electron chi connectivity index (χ3n) is 5.66. The van der Waals surface area contributed by atoms with Gasteiger partial charge in [-0.1, -0.05) is 71.9 Å². The Morgan fingerprint density at radius 1 is 0.818 bits per heavy atom. The van der Waals surface area contributed by atoms with Crippen LogP contribution >= 0.6 is 0 Å². The lowest BCUT2D eigenvalue weighted by Crippen LogP contribution is -2.10. The van der Waals surface area contributed by atoms with Gasteiger partial charge in [-0.05, 0) is 46.5 Å². The number of benzene rings is 3. The van der Waals surface area contributed by atoms with E-state index in [1.54, 1.807) is 24.5 Å². The summed E-state index contributed by atoms with van der Waals surface area (Å²) in [5.74, 6) is -0.00748. The van der Waals surface area contributed by atoms with Crippen LogP contribution < -0.4 is 0 Å². The fourth-order valence-electron chi connectivity index (χ4n) is 3.87. The average molecular weight is 457 g/mol. The lowest BCUT2D eigenvalue weighted by Gasteiger charge is -2.19. The number of hydrogen-bond acceptors (Lipinski definition) is 5. The van der Waals surface area contributed by atoms with Gasteiger partial charge in [0.25, 0.3) is 0 Å². The van der Waals surface area contributed by atoms with Crippen molar-refractivity contribution in [1.82, 2.24) is 4.98 Å². The van der Waals surface area contributed by atoms with Crippen molar-refractivity contribution in [2.75, 3.05) is 6.26 Å². The zero-order chi connectivity index (χ0) is 23.3. The molecular weight excluding hydrogens is 432 g/mol. The summed E-state index contributed by atoms with van der Waals surface area (Å²) in [6.07, 6.45) is 5.09. The maximum Gasteiger partial charge on any atom is 0.175 e. The lowest BCUT2D eigenvalue weighted by molar-refractivity contribution is 0.317. The van der Waals surface area contributed by atoms with Crippen LogP contribution in [0.4, 0.5) is 0 Å². The minimum absolute atomic E-state index is 0.00748. The zero-order valence-corrected chi connectivity index (χ0v) is 19.0. The molecule has 166 valence electrons. The molecule has 1 aromatic heterocycles. The lowest BCUT2D eigenvalue weighted by atomic mass is 9.85. The molecule has 1 heterocycles. The van der Waals surface area contributed by atoms with Crippen molar-refractivity contribution in [2.24, 2.45) is 5.16 Å². The van der Waals surface area contributed by atoms with E-state index in [0.29, 0.717) is 17.0 Å². The molecule has 1 atom stereocenters. The summed E-state index contributed by atoms with van der Waals surface area (Å²) in [5, 5.41) is 13.3. The Balaban J connectivity index is 1.65. The average Bonchev–Trinajstić information content (AvgIpc) is 2.86. The van der Waals surface area contributed by atoms with E-state index >= 15 is 0 Å². The van der Waals surface area contributed by atoms with Gasteiger partial charge in [0, 0.05) is 36.6 Å². The molecule has 6 heteroatoms. The van der Waals surface area contributed by atoms with Crippen LogP contribution in [0.5, 0.6) is 0 Å². The second-order valence-corrected chi connectivity index (χ2v) is 9.88. The normalized spacial score (nSPS) is 12.9. The maximum atomic E-state index is 11.7. The molecule has 0 aliphatic heterocycles. The van der Waals surface area contributed by atoms with Crippen LogP contribution in [-0.4, -0.2) is 30.6 Å². The Bertz CT molecular complexity index is 1330. The topological polar surface area (TPSA) is 79.6 Å². The Morgan fingerprint density at radius 3 is 1.91 bits per heavy atom. The highest BCUT2D eigenvalue weighted by Crippen LogP contribution is 2.31. The van der Waals surface area contributed by atoms with E-state index in [9.17, 15) is 13.6 Å². The molecule has 4 rings (SSSR count). The highest BCUT2D eigenvalue weighted by Gasteiger charge is 2.19. The Morgan fingerprint density at radius 2 is 1.36 bits per heavy atom. The monoisotopic (exact) mass is 456 g/mol. The standard InChI is InChI=1S/C27H24N2O3S/c1-33(31,32)25-13-11-21(12-14-25)20-7-9-23(10-8-20)26(22-5-3-2-4-6-22)19-27(29-30)24-15-17-28-18-16-24/h2-18,26,30H,19H2,1H3. The van der Waals surface area contributed by atoms with Crippen molar-refractivity contribution < 1.29 is 13.6 Å². The molecule has 0 aliphatic carbocycles. The van der Waals surface area contributed by atoms with E-state index in [1.165, 1.54) is 6.26 Å². The minimum Gasteiger partial charge on any atom is -0.411 e. The first-order valence-corrected chi connectivity index (χ1v) is 12.4. The summed E-state index contributed by atoms with van der Waals surface area (Å²) in [7, 11) is -3.22. The van der Waals surface area contributed by atoms with E-state index < -0.39 is 9.84 Å². The van der Waals surface area contributed by atoms with Crippen LogP contribution in [-0.2, 0) is 9.84 Å². The largest absolute Gasteiger partial charge is 0.411 e. The Kier molecular flexibility index (Phi) is 6.66. The van der Waals surface area contributed by atoms with Crippen LogP contribution in [0.25, 0.3) is 11.1 Å². The first kappa shape index (κ1) is 22.4. The van der Waals surface area contributed by atoms with Crippen molar-refractivity contribution in [3.05, 3.63) is 120 Å². The molecule has 0 bridgehead atoms. The Hall–Kier alpha value is -3.77. The summed E-state index contributed by atoms with van der Waals surface area (Å²) in [4.78, 5) is 4.35. The van der Waals surface area contributed by atoms with Gasteiger partial charge in [-0.25, -0.2) is 8.42 Å². The van der Waals surface area contributed by atoms with Gasteiger partial charge in [-0.2, -0.15) is 0 Å². The molecule has 4 aromatic rings. The fraction of sp³-hybridized carbons (Fsp3) is 0.111. The number of rotatable bonds is 7. The van der Waals surface area contributed by atoms with Gasteiger partial charge in [-0.15, -0.1) is 0 Å². The summed E-state index contributed by atoms with van der Waals surface area (Å²) < 4.78 is 23.4. The predicted octanol–water partition coefficient (Wildman–Crippen LogP) is 5.55. The smallest absolute Gasteiger partial charge is 0.175 e. The third-order valence-corrected chi connectivity index (χ3v) is 6.79. The van der Waals surface area contributed by atoms with Gasteiger partial charge in [0.05, 0.1) is 10.6 Å². The molecule has 5 nitrogen and oxygen atoms in total. The summed E-state index contributed by atoms with van der Waals surface area (Å²) in [6.45, 7) is 0. The first-order valence-electron chi connectivity index (χ1n) is 10.5. The zero-order valence-electron chi connectivity index (χ0n) is 18.2. The summed E-state index contributed by atoms with van der Waals surface area (Å²) in [5.41, 5.74) is 5.57. The van der Waals surface area contributed by atoms with Crippen molar-refractivity contribution in [3.8, 4) is 11.1 Å². The number of pyridine rings is 1. The molecule has 0 saturated carbocycles. The van der Waals surface area contributed by atoms with Crippen molar-refractivity contribution >= 4 is 15.5 Å². The van der Waals surface area contributed by atoms with Gasteiger partial charge in [-0.3, -0.25) is 4.98 Å². The molecule has 0 aliphatic rings. The van der Waals surface area contributed by atoms with Gasteiger partial charge in [0.2, 0.25) is 0 Å². The van der Waals surface area contributed by atoms with Gasteiger partial charge in [0.15, 0.2) is 9.84 Å². The summed E-state index contributed by atoms with van der Waals surface area (Å²) in [6, 6.07) is 28.9. The SMILES string of the molecule is CS(=O)(=O)c1ccc(-c2ccc(C(CC(=NO)c3ccncc3)c3ccccc3)cc2)cc1. The van der Waals surface area contributed by atoms with E-state index in [-0.39, 0.29) is 5.92 Å². The third kappa shape index (κ3) is 5.35. The van der Waals surface area contributed by atoms with Crippen LogP contribution in [0, 0.1) is 0 Å². The van der Waals surface area contributed by atoms with Crippen LogP contribution in [0.3, 0.4) is 0 Å². The van der Waals surface area contributed by atoms with Crippen LogP contribution in [0.2, 0.25) is 0 Å². The van der Waals surface area contributed by atoms with Crippen molar-refractivity contribution in [2.45, 2.75) is 17.2 Å². The molecule has 0 saturated heterocycles. The highest BCUT2D eigenvalue weighted by atomic mass is 32.2. The van der Waals surface area contributed by atoms with Gasteiger partial charge in [0.1, 0.15) is 0 Å². The maximum absolute atomic E-state index is 11.7. The molecule has 0 radical (unpaired) electrons. The fourth-order valence-corrected chi connectivity index (χ4v) is 4.50. The molecule has 3 aromatic carbocycles. The molecule has 33 heavy (non-hydrogen) atoms.